The van der Waals surface area contributed by atoms with E-state index in [1.54, 1.807) is 0 Å². The van der Waals surface area contributed by atoms with Crippen molar-refractivity contribution < 1.29 is 4.79 Å². The maximum atomic E-state index is 12.0. The minimum absolute atomic E-state index is 0.0488. The number of imidazole rings is 1. The highest BCUT2D eigenvalue weighted by Crippen LogP contribution is 2.12. The first-order valence-electron chi connectivity index (χ1n) is 7.24. The fraction of sp³-hybridized carbons (Fsp3) is 0.375. The molecule has 0 aliphatic heterocycles. The molecule has 0 atom stereocenters. The van der Waals surface area contributed by atoms with Crippen molar-refractivity contribution >= 4 is 11.6 Å². The molecule has 0 aliphatic carbocycles. The van der Waals surface area contributed by atoms with Crippen molar-refractivity contribution in [1.29, 1.82) is 0 Å². The molecule has 2 rings (SSSR count). The zero-order chi connectivity index (χ0) is 15.2. The summed E-state index contributed by atoms with van der Waals surface area (Å²) in [7, 11) is 0. The van der Waals surface area contributed by atoms with Gasteiger partial charge in [-0.1, -0.05) is 6.07 Å². The van der Waals surface area contributed by atoms with Gasteiger partial charge in [-0.3, -0.25) is 4.79 Å². The number of aryl methyl sites for hydroxylation is 1. The number of carbonyl (C=O) groups is 1. The van der Waals surface area contributed by atoms with Crippen LogP contribution < -0.4 is 10.6 Å². The Kier molecular flexibility index (Phi) is 4.98. The van der Waals surface area contributed by atoms with Crippen molar-refractivity contribution in [2.24, 2.45) is 0 Å². The zero-order valence-electron chi connectivity index (χ0n) is 12.8. The smallest absolute Gasteiger partial charge is 0.251 e. The van der Waals surface area contributed by atoms with Crippen LogP contribution in [0.15, 0.2) is 36.8 Å². The third kappa shape index (κ3) is 4.08. The number of nitrogens with zero attached hydrogens (tertiary/aromatic N) is 2. The van der Waals surface area contributed by atoms with Gasteiger partial charge >= 0.3 is 0 Å². The molecular weight excluding hydrogens is 264 g/mol. The largest absolute Gasteiger partial charge is 0.379 e. The number of hydrogen-bond acceptors (Lipinski definition) is 3. The highest BCUT2D eigenvalue weighted by Gasteiger charge is 2.07. The second-order valence-corrected chi connectivity index (χ2v) is 5.23. The molecule has 0 spiro atoms. The summed E-state index contributed by atoms with van der Waals surface area (Å²) in [6.07, 6.45) is 3.68. The molecule has 0 radical (unpaired) electrons. The number of aromatic nitrogens is 2. The number of nitrogens with one attached hydrogen (secondary N) is 2. The summed E-state index contributed by atoms with van der Waals surface area (Å²) in [6.45, 7) is 7.57. The number of hydrogen-bond donors (Lipinski definition) is 2. The van der Waals surface area contributed by atoms with Crippen LogP contribution in [0.3, 0.4) is 0 Å². The number of anilines is 1. The molecular formula is C16H22N4O. The SMILES string of the molecule is CCn1cncc1CNc1cccc(C(=O)NC(C)C)c1. The van der Waals surface area contributed by atoms with Gasteiger partial charge in [0.2, 0.25) is 0 Å². The molecule has 0 unspecified atom stereocenters. The lowest BCUT2D eigenvalue weighted by Gasteiger charge is -2.11. The molecule has 5 heteroatoms. The summed E-state index contributed by atoms with van der Waals surface area (Å²) in [5, 5.41) is 6.22. The molecule has 112 valence electrons. The molecule has 0 aliphatic rings. The molecule has 2 N–H and O–H groups in total. The first-order valence-corrected chi connectivity index (χ1v) is 7.24. The summed E-state index contributed by atoms with van der Waals surface area (Å²) >= 11 is 0. The van der Waals surface area contributed by atoms with Crippen LogP contribution in [-0.4, -0.2) is 21.5 Å². The lowest BCUT2D eigenvalue weighted by Crippen LogP contribution is -2.30. The molecule has 2 aromatic rings. The van der Waals surface area contributed by atoms with Crippen molar-refractivity contribution in [3.05, 3.63) is 48.0 Å². The second kappa shape index (κ2) is 6.92. The van der Waals surface area contributed by atoms with E-state index in [0.717, 1.165) is 17.9 Å². The van der Waals surface area contributed by atoms with E-state index in [-0.39, 0.29) is 11.9 Å². The zero-order valence-corrected chi connectivity index (χ0v) is 12.8. The lowest BCUT2D eigenvalue weighted by molar-refractivity contribution is 0.0943. The Hall–Kier alpha value is -2.30. The highest BCUT2D eigenvalue weighted by atomic mass is 16.1. The summed E-state index contributed by atoms with van der Waals surface area (Å²) < 4.78 is 2.09. The fourth-order valence-electron chi connectivity index (χ4n) is 2.09. The van der Waals surface area contributed by atoms with Gasteiger partial charge in [0.15, 0.2) is 0 Å². The molecule has 5 nitrogen and oxygen atoms in total. The minimum atomic E-state index is -0.0488. The van der Waals surface area contributed by atoms with Crippen molar-refractivity contribution in [3.8, 4) is 0 Å². The van der Waals surface area contributed by atoms with E-state index in [1.165, 1.54) is 0 Å². The summed E-state index contributed by atoms with van der Waals surface area (Å²) in [6, 6.07) is 7.66. The van der Waals surface area contributed by atoms with E-state index < -0.39 is 0 Å². The van der Waals surface area contributed by atoms with Crippen molar-refractivity contribution in [1.82, 2.24) is 14.9 Å². The van der Waals surface area contributed by atoms with Crippen LogP contribution in [0.25, 0.3) is 0 Å². The van der Waals surface area contributed by atoms with Crippen LogP contribution in [-0.2, 0) is 13.1 Å². The average molecular weight is 286 g/mol. The molecule has 1 aromatic carbocycles. The van der Waals surface area contributed by atoms with Gasteiger partial charge in [-0.05, 0) is 39.0 Å². The fourth-order valence-corrected chi connectivity index (χ4v) is 2.09. The third-order valence-corrected chi connectivity index (χ3v) is 3.16. The third-order valence-electron chi connectivity index (χ3n) is 3.16. The molecule has 0 saturated carbocycles. The van der Waals surface area contributed by atoms with E-state index in [9.17, 15) is 4.79 Å². The number of benzene rings is 1. The van der Waals surface area contributed by atoms with E-state index in [4.69, 9.17) is 0 Å². The van der Waals surface area contributed by atoms with Crippen molar-refractivity contribution in [2.75, 3.05) is 5.32 Å². The van der Waals surface area contributed by atoms with Gasteiger partial charge < -0.3 is 15.2 Å². The van der Waals surface area contributed by atoms with E-state index in [1.807, 2.05) is 50.6 Å². The summed E-state index contributed by atoms with van der Waals surface area (Å²) in [4.78, 5) is 16.1. The van der Waals surface area contributed by atoms with Gasteiger partial charge in [0.25, 0.3) is 5.91 Å². The molecule has 21 heavy (non-hydrogen) atoms. The maximum Gasteiger partial charge on any atom is 0.251 e. The topological polar surface area (TPSA) is 59.0 Å². The summed E-state index contributed by atoms with van der Waals surface area (Å²) in [5.41, 5.74) is 2.71. The molecule has 0 fully saturated rings. The monoisotopic (exact) mass is 286 g/mol. The lowest BCUT2D eigenvalue weighted by atomic mass is 10.1. The van der Waals surface area contributed by atoms with Crippen LogP contribution in [0, 0.1) is 0 Å². The van der Waals surface area contributed by atoms with Gasteiger partial charge in [0, 0.05) is 30.0 Å². The Morgan fingerprint density at radius 1 is 1.38 bits per heavy atom. The van der Waals surface area contributed by atoms with Gasteiger partial charge in [-0.15, -0.1) is 0 Å². The molecule has 0 saturated heterocycles. The van der Waals surface area contributed by atoms with Crippen LogP contribution in [0.1, 0.15) is 36.8 Å². The first kappa shape index (κ1) is 15.1. The van der Waals surface area contributed by atoms with Gasteiger partial charge in [-0.2, -0.15) is 0 Å². The average Bonchev–Trinajstić information content (AvgIpc) is 2.92. The van der Waals surface area contributed by atoms with Crippen molar-refractivity contribution in [2.45, 2.75) is 39.9 Å². The predicted octanol–water partition coefficient (Wildman–Crippen LogP) is 2.65. The Morgan fingerprint density at radius 3 is 2.90 bits per heavy atom. The first-order chi connectivity index (χ1) is 10.1. The van der Waals surface area contributed by atoms with Gasteiger partial charge in [-0.25, -0.2) is 4.98 Å². The number of rotatable bonds is 6. The van der Waals surface area contributed by atoms with Crippen LogP contribution in [0.5, 0.6) is 0 Å². The standard InChI is InChI=1S/C16H22N4O/c1-4-20-11-17-9-15(20)10-18-14-7-5-6-13(8-14)16(21)19-12(2)3/h5-9,11-12,18H,4,10H2,1-3H3,(H,19,21). The quantitative estimate of drug-likeness (QED) is 0.858. The van der Waals surface area contributed by atoms with Crippen LogP contribution in [0.2, 0.25) is 0 Å². The Balaban J connectivity index is 2.03. The molecule has 1 heterocycles. The van der Waals surface area contributed by atoms with Crippen LogP contribution >= 0.6 is 0 Å². The molecule has 0 bridgehead atoms. The Labute approximate surface area is 125 Å². The molecule has 1 amide bonds. The van der Waals surface area contributed by atoms with E-state index >= 15 is 0 Å². The second-order valence-electron chi connectivity index (χ2n) is 5.23. The maximum absolute atomic E-state index is 12.0. The number of amides is 1. The van der Waals surface area contributed by atoms with Gasteiger partial charge in [0.05, 0.1) is 18.6 Å². The summed E-state index contributed by atoms with van der Waals surface area (Å²) in [5.74, 6) is -0.0488. The Bertz CT molecular complexity index is 604. The van der Waals surface area contributed by atoms with Gasteiger partial charge in [0.1, 0.15) is 0 Å². The van der Waals surface area contributed by atoms with E-state index in [0.29, 0.717) is 12.1 Å². The number of carbonyl (C=O) groups excluding carboxylic acids is 1. The normalized spacial score (nSPS) is 10.7. The minimum Gasteiger partial charge on any atom is -0.379 e. The van der Waals surface area contributed by atoms with E-state index in [2.05, 4.69) is 27.1 Å². The molecule has 1 aromatic heterocycles. The Morgan fingerprint density at radius 2 is 2.19 bits per heavy atom. The highest BCUT2D eigenvalue weighted by molar-refractivity contribution is 5.95. The van der Waals surface area contributed by atoms with Crippen LogP contribution in [0.4, 0.5) is 5.69 Å². The van der Waals surface area contributed by atoms with Crippen molar-refractivity contribution in [3.63, 3.8) is 0 Å². The predicted molar refractivity (Wildman–Crippen MR) is 84.3 cm³/mol.